The van der Waals surface area contributed by atoms with Gasteiger partial charge in [0.25, 0.3) is 5.91 Å². The highest BCUT2D eigenvalue weighted by molar-refractivity contribution is 7.92. The molecule has 2 aromatic carbocycles. The Balaban J connectivity index is 1.50. The molecule has 0 radical (unpaired) electrons. The summed E-state index contributed by atoms with van der Waals surface area (Å²) in [7, 11) is -1.70. The summed E-state index contributed by atoms with van der Waals surface area (Å²) in [5.41, 5.74) is 1.24. The van der Waals surface area contributed by atoms with Crippen molar-refractivity contribution in [2.45, 2.75) is 23.0 Å². The van der Waals surface area contributed by atoms with E-state index in [1.54, 1.807) is 40.8 Å². The second kappa shape index (κ2) is 7.46. The molecule has 0 aliphatic carbocycles. The lowest BCUT2D eigenvalue weighted by Crippen LogP contribution is -2.43. The summed E-state index contributed by atoms with van der Waals surface area (Å²) >= 11 is 5.85. The third kappa shape index (κ3) is 3.65. The highest BCUT2D eigenvalue weighted by Crippen LogP contribution is 2.27. The highest BCUT2D eigenvalue weighted by atomic mass is 35.5. The summed E-state index contributed by atoms with van der Waals surface area (Å²) in [6, 6.07) is 12.3. The molecule has 8 heteroatoms. The van der Waals surface area contributed by atoms with Gasteiger partial charge in [-0.1, -0.05) is 11.6 Å². The van der Waals surface area contributed by atoms with Gasteiger partial charge in [0.15, 0.2) is 9.84 Å². The van der Waals surface area contributed by atoms with Crippen LogP contribution in [0.15, 0.2) is 53.4 Å². The van der Waals surface area contributed by atoms with Crippen LogP contribution in [0.2, 0.25) is 5.02 Å². The van der Waals surface area contributed by atoms with Gasteiger partial charge in [-0.15, -0.1) is 0 Å². The van der Waals surface area contributed by atoms with Crippen molar-refractivity contribution in [2.24, 2.45) is 7.05 Å². The average molecular weight is 435 g/mol. The molecule has 29 heavy (non-hydrogen) atoms. The molecule has 3 aromatic rings. The van der Waals surface area contributed by atoms with Gasteiger partial charge < -0.3 is 9.47 Å². The van der Waals surface area contributed by atoms with Crippen molar-refractivity contribution in [2.75, 3.05) is 13.1 Å². The third-order valence-electron chi connectivity index (χ3n) is 5.53. The van der Waals surface area contributed by atoms with Crippen molar-refractivity contribution >= 4 is 38.2 Å². The number of hydrogen-bond donors (Lipinski definition) is 0. The van der Waals surface area contributed by atoms with Crippen molar-refractivity contribution in [1.29, 1.82) is 0 Å². The lowest BCUT2D eigenvalue weighted by molar-refractivity contribution is 0.0716. The fourth-order valence-corrected chi connectivity index (χ4v) is 5.73. The number of carbonyl (C=O) groups is 1. The maximum absolute atomic E-state index is 13.5. The molecule has 5 nitrogen and oxygen atoms in total. The van der Waals surface area contributed by atoms with Gasteiger partial charge in [-0.25, -0.2) is 12.8 Å². The van der Waals surface area contributed by atoms with E-state index in [-0.39, 0.29) is 16.6 Å². The van der Waals surface area contributed by atoms with Crippen LogP contribution in [0, 0.1) is 5.82 Å². The minimum atomic E-state index is -3.47. The number of fused-ring (bicyclic) bond motifs is 1. The monoisotopic (exact) mass is 434 g/mol. The van der Waals surface area contributed by atoms with E-state index in [9.17, 15) is 17.6 Å². The van der Waals surface area contributed by atoms with Crippen LogP contribution in [0.3, 0.4) is 0 Å². The minimum absolute atomic E-state index is 0.175. The Kier molecular flexibility index (Phi) is 5.12. The van der Waals surface area contributed by atoms with Crippen LogP contribution < -0.4 is 0 Å². The van der Waals surface area contributed by atoms with Gasteiger partial charge in [-0.05, 0) is 61.4 Å². The Morgan fingerprint density at radius 3 is 2.38 bits per heavy atom. The van der Waals surface area contributed by atoms with Crippen molar-refractivity contribution in [1.82, 2.24) is 9.47 Å². The lowest BCUT2D eigenvalue weighted by Gasteiger charge is -2.31. The standard InChI is InChI=1S/C21H20ClFN2O3S/c1-24-19-7-4-16(23)12-14(19)13-20(24)21(26)25-10-8-18(9-11-25)29(27,28)17-5-2-15(22)3-6-17/h2-7,12-13,18H,8-11H2,1H3. The van der Waals surface area contributed by atoms with Crippen LogP contribution in [-0.2, 0) is 16.9 Å². The molecule has 0 N–H and O–H groups in total. The molecule has 0 saturated carbocycles. The first-order valence-electron chi connectivity index (χ1n) is 9.31. The summed E-state index contributed by atoms with van der Waals surface area (Å²) in [6.07, 6.45) is 0.741. The topological polar surface area (TPSA) is 59.4 Å². The minimum Gasteiger partial charge on any atom is -0.340 e. The summed E-state index contributed by atoms with van der Waals surface area (Å²) < 4.78 is 40.9. The maximum atomic E-state index is 13.5. The molecule has 1 saturated heterocycles. The predicted molar refractivity (Wildman–Crippen MR) is 110 cm³/mol. The Hall–Kier alpha value is -2.38. The van der Waals surface area contributed by atoms with Gasteiger partial charge in [0.1, 0.15) is 11.5 Å². The Bertz CT molecular complexity index is 1180. The second-order valence-corrected chi connectivity index (χ2v) is 9.95. The number of halogens is 2. The van der Waals surface area contributed by atoms with Gasteiger partial charge >= 0.3 is 0 Å². The summed E-state index contributed by atoms with van der Waals surface area (Å²) in [5, 5.41) is 0.615. The number of piperidine rings is 1. The fraction of sp³-hybridized carbons (Fsp3) is 0.286. The van der Waals surface area contributed by atoms with Gasteiger partial charge in [0.2, 0.25) is 0 Å². The first kappa shape index (κ1) is 19.9. The lowest BCUT2D eigenvalue weighted by atomic mass is 10.1. The summed E-state index contributed by atoms with van der Waals surface area (Å²) in [6.45, 7) is 0.707. The highest BCUT2D eigenvalue weighted by Gasteiger charge is 2.33. The Morgan fingerprint density at radius 2 is 1.72 bits per heavy atom. The number of amides is 1. The molecule has 0 unspecified atom stereocenters. The van der Waals surface area contributed by atoms with E-state index < -0.39 is 15.1 Å². The molecule has 0 atom stereocenters. The van der Waals surface area contributed by atoms with Crippen LogP contribution >= 0.6 is 11.6 Å². The van der Waals surface area contributed by atoms with Crippen LogP contribution in [0.5, 0.6) is 0 Å². The molecular formula is C21H20ClFN2O3S. The number of benzene rings is 2. The SMILES string of the molecule is Cn1c(C(=O)N2CCC(S(=O)(=O)c3ccc(Cl)cc3)CC2)cc2cc(F)ccc21. The van der Waals surface area contributed by atoms with E-state index in [0.717, 1.165) is 5.52 Å². The quantitative estimate of drug-likeness (QED) is 0.624. The molecule has 0 spiro atoms. The molecule has 4 rings (SSSR count). The van der Waals surface area contributed by atoms with Crippen molar-refractivity contribution < 1.29 is 17.6 Å². The number of nitrogens with zero attached hydrogens (tertiary/aromatic N) is 2. The van der Waals surface area contributed by atoms with E-state index in [1.165, 1.54) is 24.3 Å². The van der Waals surface area contributed by atoms with Crippen LogP contribution in [0.4, 0.5) is 4.39 Å². The van der Waals surface area contributed by atoms with Gasteiger partial charge in [-0.2, -0.15) is 0 Å². The van der Waals surface area contributed by atoms with Crippen LogP contribution in [0.1, 0.15) is 23.3 Å². The zero-order chi connectivity index (χ0) is 20.8. The number of aryl methyl sites for hydroxylation is 1. The Labute approximate surface area is 173 Å². The van der Waals surface area contributed by atoms with Gasteiger partial charge in [-0.3, -0.25) is 4.79 Å². The molecule has 152 valence electrons. The molecule has 2 heterocycles. The molecular weight excluding hydrogens is 415 g/mol. The van der Waals surface area contributed by atoms with Gasteiger partial charge in [0, 0.05) is 36.1 Å². The number of carbonyl (C=O) groups excluding carboxylic acids is 1. The smallest absolute Gasteiger partial charge is 0.270 e. The number of sulfone groups is 1. The largest absolute Gasteiger partial charge is 0.340 e. The van der Waals surface area contributed by atoms with Crippen molar-refractivity contribution in [3.8, 4) is 0 Å². The van der Waals surface area contributed by atoms with Crippen LogP contribution in [0.25, 0.3) is 10.9 Å². The maximum Gasteiger partial charge on any atom is 0.270 e. The molecule has 1 fully saturated rings. The number of rotatable bonds is 3. The van der Waals surface area contributed by atoms with Crippen LogP contribution in [-0.4, -0.2) is 42.1 Å². The first-order chi connectivity index (χ1) is 13.8. The number of hydrogen-bond acceptors (Lipinski definition) is 3. The van der Waals surface area contributed by atoms with E-state index in [1.807, 2.05) is 0 Å². The van der Waals surface area contributed by atoms with E-state index >= 15 is 0 Å². The summed E-state index contributed by atoms with van der Waals surface area (Å²) in [4.78, 5) is 14.9. The molecule has 1 aromatic heterocycles. The zero-order valence-corrected chi connectivity index (χ0v) is 17.4. The van der Waals surface area contributed by atoms with E-state index in [0.29, 0.717) is 42.0 Å². The third-order valence-corrected chi connectivity index (χ3v) is 8.06. The molecule has 1 aliphatic rings. The normalized spacial score (nSPS) is 15.8. The Morgan fingerprint density at radius 1 is 1.07 bits per heavy atom. The van der Waals surface area contributed by atoms with E-state index in [2.05, 4.69) is 0 Å². The summed E-state index contributed by atoms with van der Waals surface area (Å²) in [5.74, 6) is -0.526. The average Bonchev–Trinajstić information content (AvgIpc) is 3.03. The second-order valence-electron chi connectivity index (χ2n) is 7.28. The molecule has 0 bridgehead atoms. The molecule has 1 amide bonds. The number of likely N-dealkylation sites (tertiary alicyclic amines) is 1. The molecule has 1 aliphatic heterocycles. The fourth-order valence-electron chi connectivity index (χ4n) is 3.87. The number of aromatic nitrogens is 1. The zero-order valence-electron chi connectivity index (χ0n) is 15.8. The van der Waals surface area contributed by atoms with Crippen molar-refractivity contribution in [3.63, 3.8) is 0 Å². The van der Waals surface area contributed by atoms with E-state index in [4.69, 9.17) is 11.6 Å². The predicted octanol–water partition coefficient (Wildman–Crippen LogP) is 4.05. The first-order valence-corrected chi connectivity index (χ1v) is 11.2. The van der Waals surface area contributed by atoms with Gasteiger partial charge in [0.05, 0.1) is 10.1 Å². The van der Waals surface area contributed by atoms with Crippen molar-refractivity contribution in [3.05, 3.63) is 65.1 Å².